The maximum absolute atomic E-state index is 13.0. The number of halogens is 6. The van der Waals surface area contributed by atoms with Gasteiger partial charge < -0.3 is 4.48 Å². The van der Waals surface area contributed by atoms with Gasteiger partial charge in [-0.2, -0.15) is 26.3 Å². The summed E-state index contributed by atoms with van der Waals surface area (Å²) in [5.41, 5.74) is -13.9. The van der Waals surface area contributed by atoms with Crippen LogP contribution in [0.5, 0.6) is 0 Å². The first-order valence-electron chi connectivity index (χ1n) is 10.5. The van der Waals surface area contributed by atoms with Gasteiger partial charge in [0.1, 0.15) is 4.91 Å². The van der Waals surface area contributed by atoms with Crippen molar-refractivity contribution in [2.75, 3.05) is 27.7 Å². The van der Waals surface area contributed by atoms with Gasteiger partial charge in [0.15, 0.2) is 0 Å². The third kappa shape index (κ3) is 5.75. The minimum atomic E-state index is -6.58. The standard InChI is InChI=1S/C15H7F6NO4S2.C7H18N/c16-14(17,18)27(23,24)11-6-9-8-4-2-1-3-7(8)5-10(9)12(22)13(11)28(25,26)15(19,20)21;1-5-6-7-8(2,3)4/h1-6,22H;5-7H2,1-4H3/q;+1. The average Bonchev–Trinajstić information content (AvgIpc) is 3.09. The highest BCUT2D eigenvalue weighted by molar-refractivity contribution is 8.00. The van der Waals surface area contributed by atoms with Crippen LogP contribution in [-0.2, 0) is 19.7 Å². The van der Waals surface area contributed by atoms with Crippen LogP contribution < -0.4 is 0 Å². The van der Waals surface area contributed by atoms with Crippen molar-refractivity contribution in [2.45, 2.75) is 30.8 Å². The summed E-state index contributed by atoms with van der Waals surface area (Å²) in [5.74, 6) is 0. The maximum Gasteiger partial charge on any atom is 0.502 e. The van der Waals surface area contributed by atoms with Crippen molar-refractivity contribution >= 4 is 37.0 Å². The normalized spacial score (nSPS) is 16.6. The topological polar surface area (TPSA) is 92.1 Å². The average molecular weight is 560 g/mol. The van der Waals surface area contributed by atoms with Gasteiger partial charge in [-0.05, 0) is 35.3 Å². The van der Waals surface area contributed by atoms with E-state index in [1.165, 1.54) is 43.7 Å². The van der Waals surface area contributed by atoms with E-state index in [-0.39, 0.29) is 22.8 Å². The van der Waals surface area contributed by atoms with Gasteiger partial charge in [-0.3, -0.25) is 5.41 Å². The Morgan fingerprint density at radius 1 is 0.833 bits per heavy atom. The number of fused-ring (bicyclic) bond motifs is 3. The summed E-state index contributed by atoms with van der Waals surface area (Å²) in [4.78, 5) is -4.38. The van der Waals surface area contributed by atoms with Crippen molar-refractivity contribution in [3.05, 3.63) is 56.9 Å². The largest absolute Gasteiger partial charge is 0.502 e. The second-order valence-electron chi connectivity index (χ2n) is 9.04. The monoisotopic (exact) mass is 559 g/mol. The van der Waals surface area contributed by atoms with Gasteiger partial charge in [0.05, 0.1) is 38.3 Å². The zero-order chi connectivity index (χ0) is 27.9. The molecule has 0 atom stereocenters. The summed E-state index contributed by atoms with van der Waals surface area (Å²) in [6, 6.07) is 5.69. The van der Waals surface area contributed by atoms with Crippen LogP contribution in [0.2, 0.25) is 0 Å². The number of alkyl halides is 6. The van der Waals surface area contributed by atoms with Crippen molar-refractivity contribution in [1.82, 2.24) is 0 Å². The molecule has 6 nitrogen and oxygen atoms in total. The van der Waals surface area contributed by atoms with Gasteiger partial charge in [-0.25, -0.2) is 16.8 Å². The first-order chi connectivity index (χ1) is 16.2. The van der Waals surface area contributed by atoms with E-state index in [0.29, 0.717) is 0 Å². The molecule has 0 radical (unpaired) electrons. The number of allylic oxidation sites excluding steroid dienone is 4. The van der Waals surface area contributed by atoms with Gasteiger partial charge in [-0.1, -0.05) is 37.6 Å². The zero-order valence-corrected chi connectivity index (χ0v) is 21.4. The summed E-state index contributed by atoms with van der Waals surface area (Å²) >= 11 is 0. The molecule has 0 fully saturated rings. The fraction of sp³-hybridized carbons (Fsp3) is 0.409. The van der Waals surface area contributed by atoms with Crippen LogP contribution in [0.15, 0.2) is 45.7 Å². The van der Waals surface area contributed by atoms with Gasteiger partial charge in [0, 0.05) is 5.57 Å². The molecule has 200 valence electrons. The van der Waals surface area contributed by atoms with Crippen LogP contribution in [0.1, 0.15) is 30.9 Å². The third-order valence-electron chi connectivity index (χ3n) is 5.19. The second kappa shape index (κ2) is 9.78. The lowest BCUT2D eigenvalue weighted by molar-refractivity contribution is -0.870. The molecule has 0 aromatic heterocycles. The molecule has 1 N–H and O–H groups in total. The van der Waals surface area contributed by atoms with Crippen molar-refractivity contribution in [1.29, 1.82) is 5.41 Å². The third-order valence-corrected chi connectivity index (χ3v) is 8.40. The number of nitrogens with one attached hydrogen (secondary N) is 1. The highest BCUT2D eigenvalue weighted by Gasteiger charge is 2.57. The van der Waals surface area contributed by atoms with Crippen molar-refractivity contribution in [3.63, 3.8) is 0 Å². The molecule has 1 aromatic carbocycles. The number of benzene rings is 1. The Hall–Kier alpha value is -2.45. The van der Waals surface area contributed by atoms with Crippen molar-refractivity contribution in [2.24, 2.45) is 0 Å². The molecular weight excluding hydrogens is 534 g/mol. The minimum Gasteiger partial charge on any atom is -0.331 e. The summed E-state index contributed by atoms with van der Waals surface area (Å²) in [5, 5.41) is 7.82. The Morgan fingerprint density at radius 2 is 1.36 bits per heavy atom. The Labute approximate surface area is 205 Å². The lowest BCUT2D eigenvalue weighted by atomic mass is 9.95. The number of unbranched alkanes of at least 4 members (excludes halogenated alkanes) is 1. The first-order valence-corrected chi connectivity index (χ1v) is 13.4. The summed E-state index contributed by atoms with van der Waals surface area (Å²) < 4.78 is 127. The fourth-order valence-corrected chi connectivity index (χ4v) is 5.85. The zero-order valence-electron chi connectivity index (χ0n) is 19.7. The molecule has 1 aromatic rings. The number of rotatable bonds is 5. The molecule has 0 amide bonds. The Morgan fingerprint density at radius 3 is 1.81 bits per heavy atom. The first kappa shape index (κ1) is 29.8. The molecular formula is C22H25F6N2O4S2+. The molecule has 14 heteroatoms. The van der Waals surface area contributed by atoms with Gasteiger partial charge in [-0.15, -0.1) is 0 Å². The smallest absolute Gasteiger partial charge is 0.331 e. The van der Waals surface area contributed by atoms with Crippen LogP contribution in [0.3, 0.4) is 0 Å². The number of quaternary nitrogens is 1. The molecule has 0 spiro atoms. The van der Waals surface area contributed by atoms with E-state index >= 15 is 0 Å². The summed E-state index contributed by atoms with van der Waals surface area (Å²) in [6.45, 7) is 3.53. The molecule has 0 saturated carbocycles. The van der Waals surface area contributed by atoms with Crippen molar-refractivity contribution in [3.8, 4) is 0 Å². The van der Waals surface area contributed by atoms with Crippen LogP contribution in [0, 0.1) is 5.41 Å². The number of hydrogen-bond acceptors (Lipinski definition) is 5. The molecule has 0 heterocycles. The van der Waals surface area contributed by atoms with Crippen LogP contribution >= 0.6 is 0 Å². The molecule has 0 aliphatic heterocycles. The van der Waals surface area contributed by atoms with E-state index in [9.17, 15) is 43.2 Å². The van der Waals surface area contributed by atoms with Crippen LogP contribution in [0.25, 0.3) is 11.6 Å². The fourth-order valence-electron chi connectivity index (χ4n) is 3.39. The Balaban J connectivity index is 0.000000493. The van der Waals surface area contributed by atoms with E-state index in [1.54, 1.807) is 0 Å². The number of nitrogens with zero attached hydrogens (tertiary/aromatic N) is 1. The quantitative estimate of drug-likeness (QED) is 0.403. The number of sulfone groups is 2. The van der Waals surface area contributed by atoms with Crippen LogP contribution in [0.4, 0.5) is 26.3 Å². The minimum absolute atomic E-state index is 0.153. The molecule has 2 aliphatic rings. The molecule has 36 heavy (non-hydrogen) atoms. The van der Waals surface area contributed by atoms with E-state index in [4.69, 9.17) is 5.41 Å². The predicted octanol–water partition coefficient (Wildman–Crippen LogP) is 5.07. The molecule has 0 bridgehead atoms. The maximum atomic E-state index is 13.0. The van der Waals surface area contributed by atoms with Crippen molar-refractivity contribution < 1.29 is 47.7 Å². The van der Waals surface area contributed by atoms with Gasteiger partial charge in [0.2, 0.25) is 0 Å². The SMILES string of the molecule is CCCC[N+](C)(C)C.N=C1C2=Cc3ccccc3C2=CC(S(=O)(=O)C(F)(F)F)=C1S(=O)(=O)C(F)(F)F. The van der Waals surface area contributed by atoms with E-state index in [1.807, 2.05) is 0 Å². The van der Waals surface area contributed by atoms with E-state index in [0.717, 1.165) is 10.6 Å². The lowest BCUT2D eigenvalue weighted by Gasteiger charge is -2.23. The Kier molecular flexibility index (Phi) is 8.09. The lowest BCUT2D eigenvalue weighted by Crippen LogP contribution is -2.35. The molecule has 2 aliphatic carbocycles. The highest BCUT2D eigenvalue weighted by Crippen LogP contribution is 2.47. The Bertz CT molecular complexity index is 1360. The highest BCUT2D eigenvalue weighted by atomic mass is 32.2. The van der Waals surface area contributed by atoms with E-state index in [2.05, 4.69) is 28.1 Å². The van der Waals surface area contributed by atoms with Gasteiger partial charge >= 0.3 is 11.0 Å². The summed E-state index contributed by atoms with van der Waals surface area (Å²) in [7, 11) is -6.39. The second-order valence-corrected chi connectivity index (χ2v) is 12.8. The number of hydrogen-bond donors (Lipinski definition) is 1. The van der Waals surface area contributed by atoms with Crippen LogP contribution in [-0.4, -0.2) is 65.7 Å². The molecule has 0 unspecified atom stereocenters. The molecule has 3 rings (SSSR count). The van der Waals surface area contributed by atoms with Gasteiger partial charge in [0.25, 0.3) is 19.7 Å². The predicted molar refractivity (Wildman–Crippen MR) is 125 cm³/mol. The summed E-state index contributed by atoms with van der Waals surface area (Å²) in [6.07, 6.45) is 3.99. The van der Waals surface area contributed by atoms with E-state index < -0.39 is 51.8 Å². The molecule has 0 saturated heterocycles.